The zero-order valence-electron chi connectivity index (χ0n) is 8.99. The van der Waals surface area contributed by atoms with Gasteiger partial charge in [0.25, 0.3) is 0 Å². The Morgan fingerprint density at radius 3 is 2.88 bits per heavy atom. The third-order valence-corrected chi connectivity index (χ3v) is 3.49. The number of nitrogens with two attached hydrogens (primary N) is 1. The van der Waals surface area contributed by atoms with Gasteiger partial charge in [-0.3, -0.25) is 11.3 Å². The molecule has 0 saturated carbocycles. The standard InChI is InChI=1S/C12H12BrFN2O/c13-12-8(2-1-3-10(12)14)6-11(16-15)9-4-5-17-7-9/h1-5,7,11,16H,6,15H2. The Labute approximate surface area is 107 Å². The molecule has 5 heteroatoms. The molecule has 2 rings (SSSR count). The Morgan fingerprint density at radius 1 is 1.41 bits per heavy atom. The number of rotatable bonds is 4. The Kier molecular flexibility index (Phi) is 3.93. The molecule has 1 heterocycles. The van der Waals surface area contributed by atoms with E-state index in [0.29, 0.717) is 10.9 Å². The van der Waals surface area contributed by atoms with Crippen LogP contribution in [0.3, 0.4) is 0 Å². The minimum Gasteiger partial charge on any atom is -0.472 e. The van der Waals surface area contributed by atoms with Gasteiger partial charge >= 0.3 is 0 Å². The average Bonchev–Trinajstić information content (AvgIpc) is 2.85. The monoisotopic (exact) mass is 298 g/mol. The number of hydrogen-bond donors (Lipinski definition) is 2. The summed E-state index contributed by atoms with van der Waals surface area (Å²) in [5.41, 5.74) is 4.49. The molecule has 90 valence electrons. The quantitative estimate of drug-likeness (QED) is 0.674. The van der Waals surface area contributed by atoms with E-state index in [0.717, 1.165) is 11.1 Å². The van der Waals surface area contributed by atoms with E-state index in [9.17, 15) is 4.39 Å². The molecule has 3 nitrogen and oxygen atoms in total. The number of nitrogens with one attached hydrogen (secondary N) is 1. The highest BCUT2D eigenvalue weighted by molar-refractivity contribution is 9.10. The van der Waals surface area contributed by atoms with Gasteiger partial charge in [-0.1, -0.05) is 12.1 Å². The molecular formula is C12H12BrFN2O. The zero-order chi connectivity index (χ0) is 12.3. The van der Waals surface area contributed by atoms with Crippen molar-refractivity contribution in [3.8, 4) is 0 Å². The first-order valence-corrected chi connectivity index (χ1v) is 5.92. The number of hydrogen-bond acceptors (Lipinski definition) is 3. The summed E-state index contributed by atoms with van der Waals surface area (Å²) in [7, 11) is 0. The van der Waals surface area contributed by atoms with Gasteiger partial charge < -0.3 is 4.42 Å². The number of furan rings is 1. The molecule has 1 atom stereocenters. The van der Waals surface area contributed by atoms with Crippen LogP contribution in [0, 0.1) is 5.82 Å². The molecule has 3 N–H and O–H groups in total. The van der Waals surface area contributed by atoms with E-state index < -0.39 is 0 Å². The van der Waals surface area contributed by atoms with Crippen LogP contribution in [-0.4, -0.2) is 0 Å². The molecule has 0 aliphatic rings. The van der Waals surface area contributed by atoms with E-state index >= 15 is 0 Å². The van der Waals surface area contributed by atoms with Crippen molar-refractivity contribution in [2.24, 2.45) is 5.84 Å². The normalized spacial score (nSPS) is 12.6. The van der Waals surface area contributed by atoms with Crippen LogP contribution in [0.4, 0.5) is 4.39 Å². The Hall–Kier alpha value is -1.17. The SMILES string of the molecule is NNC(Cc1cccc(F)c1Br)c1ccoc1. The molecule has 0 fully saturated rings. The van der Waals surface area contributed by atoms with Crippen LogP contribution in [-0.2, 0) is 6.42 Å². The molecule has 0 bridgehead atoms. The van der Waals surface area contributed by atoms with E-state index in [2.05, 4.69) is 21.4 Å². The molecule has 0 radical (unpaired) electrons. The van der Waals surface area contributed by atoms with E-state index in [1.54, 1.807) is 18.6 Å². The largest absolute Gasteiger partial charge is 0.472 e. The summed E-state index contributed by atoms with van der Waals surface area (Å²) in [6.45, 7) is 0. The van der Waals surface area contributed by atoms with Crippen molar-refractivity contribution in [1.82, 2.24) is 5.43 Å². The van der Waals surface area contributed by atoms with Crippen LogP contribution >= 0.6 is 15.9 Å². The molecule has 0 amide bonds. The summed E-state index contributed by atoms with van der Waals surface area (Å²) < 4.78 is 18.8. The lowest BCUT2D eigenvalue weighted by molar-refractivity contribution is 0.523. The van der Waals surface area contributed by atoms with Crippen molar-refractivity contribution in [1.29, 1.82) is 0 Å². The summed E-state index contributed by atoms with van der Waals surface area (Å²) in [6.07, 6.45) is 3.78. The summed E-state index contributed by atoms with van der Waals surface area (Å²) in [4.78, 5) is 0. The Morgan fingerprint density at radius 2 is 2.24 bits per heavy atom. The molecule has 1 unspecified atom stereocenters. The van der Waals surface area contributed by atoms with Gasteiger partial charge in [0.05, 0.1) is 23.0 Å². The van der Waals surface area contributed by atoms with Crippen LogP contribution in [0.2, 0.25) is 0 Å². The van der Waals surface area contributed by atoms with Crippen LogP contribution < -0.4 is 11.3 Å². The fraction of sp³-hybridized carbons (Fsp3) is 0.167. The minimum atomic E-state index is -0.273. The molecule has 0 aliphatic carbocycles. The van der Waals surface area contributed by atoms with E-state index in [-0.39, 0.29) is 11.9 Å². The van der Waals surface area contributed by atoms with Crippen molar-refractivity contribution in [2.45, 2.75) is 12.5 Å². The second-order valence-corrected chi connectivity index (χ2v) is 4.49. The van der Waals surface area contributed by atoms with Gasteiger partial charge in [0.1, 0.15) is 5.82 Å². The first kappa shape index (κ1) is 12.3. The van der Waals surface area contributed by atoms with Gasteiger partial charge in [-0.25, -0.2) is 4.39 Å². The molecule has 17 heavy (non-hydrogen) atoms. The van der Waals surface area contributed by atoms with Crippen molar-refractivity contribution < 1.29 is 8.81 Å². The number of hydrazine groups is 1. The molecule has 1 aromatic heterocycles. The summed E-state index contributed by atoms with van der Waals surface area (Å²) >= 11 is 3.23. The molecule has 1 aromatic carbocycles. The van der Waals surface area contributed by atoms with E-state index in [1.807, 2.05) is 12.1 Å². The highest BCUT2D eigenvalue weighted by atomic mass is 79.9. The fourth-order valence-corrected chi connectivity index (χ4v) is 2.10. The Bertz CT molecular complexity index is 487. The van der Waals surface area contributed by atoms with Gasteiger partial charge in [-0.15, -0.1) is 0 Å². The lowest BCUT2D eigenvalue weighted by Gasteiger charge is -2.15. The number of halogens is 2. The van der Waals surface area contributed by atoms with Crippen LogP contribution in [0.15, 0.2) is 45.7 Å². The second-order valence-electron chi connectivity index (χ2n) is 3.69. The van der Waals surface area contributed by atoms with Crippen molar-refractivity contribution in [3.05, 3.63) is 58.2 Å². The lowest BCUT2D eigenvalue weighted by atomic mass is 10.0. The summed E-state index contributed by atoms with van der Waals surface area (Å²) in [5, 5.41) is 0. The van der Waals surface area contributed by atoms with Crippen molar-refractivity contribution in [3.63, 3.8) is 0 Å². The topological polar surface area (TPSA) is 51.2 Å². The first-order chi connectivity index (χ1) is 8.22. The van der Waals surface area contributed by atoms with Crippen LogP contribution in [0.1, 0.15) is 17.2 Å². The van der Waals surface area contributed by atoms with E-state index in [1.165, 1.54) is 6.07 Å². The predicted molar refractivity (Wildman–Crippen MR) is 66.6 cm³/mol. The van der Waals surface area contributed by atoms with Gasteiger partial charge in [0.15, 0.2) is 0 Å². The summed E-state index contributed by atoms with van der Waals surface area (Å²) in [6, 6.07) is 6.68. The molecule has 0 saturated heterocycles. The zero-order valence-corrected chi connectivity index (χ0v) is 10.6. The molecule has 0 aliphatic heterocycles. The maximum absolute atomic E-state index is 13.4. The molecule has 0 spiro atoms. The minimum absolute atomic E-state index is 0.105. The second kappa shape index (κ2) is 5.44. The average molecular weight is 299 g/mol. The highest BCUT2D eigenvalue weighted by Gasteiger charge is 2.14. The van der Waals surface area contributed by atoms with Crippen LogP contribution in [0.5, 0.6) is 0 Å². The molecule has 2 aromatic rings. The lowest BCUT2D eigenvalue weighted by Crippen LogP contribution is -2.29. The molecular weight excluding hydrogens is 287 g/mol. The fourth-order valence-electron chi connectivity index (χ4n) is 1.67. The van der Waals surface area contributed by atoms with E-state index in [4.69, 9.17) is 10.3 Å². The van der Waals surface area contributed by atoms with Crippen molar-refractivity contribution in [2.75, 3.05) is 0 Å². The summed E-state index contributed by atoms with van der Waals surface area (Å²) in [5.74, 6) is 5.23. The van der Waals surface area contributed by atoms with Gasteiger partial charge in [-0.2, -0.15) is 0 Å². The highest BCUT2D eigenvalue weighted by Crippen LogP contribution is 2.25. The van der Waals surface area contributed by atoms with Crippen molar-refractivity contribution >= 4 is 15.9 Å². The third kappa shape index (κ3) is 2.74. The third-order valence-electron chi connectivity index (χ3n) is 2.60. The number of benzene rings is 1. The van der Waals surface area contributed by atoms with Gasteiger partial charge in [0.2, 0.25) is 0 Å². The smallest absolute Gasteiger partial charge is 0.137 e. The predicted octanol–water partition coefficient (Wildman–Crippen LogP) is 2.93. The first-order valence-electron chi connectivity index (χ1n) is 5.13. The van der Waals surface area contributed by atoms with Gasteiger partial charge in [-0.05, 0) is 40.0 Å². The van der Waals surface area contributed by atoms with Gasteiger partial charge in [0, 0.05) is 5.56 Å². The maximum atomic E-state index is 13.4. The maximum Gasteiger partial charge on any atom is 0.137 e. The Balaban J connectivity index is 2.22. The van der Waals surface area contributed by atoms with Crippen LogP contribution in [0.25, 0.3) is 0 Å².